The first-order chi connectivity index (χ1) is 13.6. The molecule has 0 amide bonds. The van der Waals surface area contributed by atoms with Crippen molar-refractivity contribution in [2.75, 3.05) is 0 Å². The van der Waals surface area contributed by atoms with Crippen LogP contribution in [0.15, 0.2) is 11.6 Å². The smallest absolute Gasteiger partial charge is 0.303 e. The van der Waals surface area contributed by atoms with Crippen LogP contribution in [-0.4, -0.2) is 24.1 Å². The van der Waals surface area contributed by atoms with Crippen LogP contribution in [0.1, 0.15) is 86.0 Å². The molecule has 29 heavy (non-hydrogen) atoms. The molecule has 0 aromatic heterocycles. The van der Waals surface area contributed by atoms with Crippen LogP contribution in [0, 0.1) is 34.5 Å². The van der Waals surface area contributed by atoms with Crippen LogP contribution in [0.5, 0.6) is 0 Å². The van der Waals surface area contributed by atoms with Gasteiger partial charge in [0.2, 0.25) is 0 Å². The van der Waals surface area contributed by atoms with Crippen molar-refractivity contribution in [1.29, 1.82) is 0 Å². The SMILES string of the molecule is CC(=O)O[C@@H]1C=C2CCC3C(CC[C@@]4(C)C3CC[C@@H]4[C@H](C)OC(C)=O)[C@@]2(C)CC1. The lowest BCUT2D eigenvalue weighted by Crippen LogP contribution is -2.51. The summed E-state index contributed by atoms with van der Waals surface area (Å²) in [6.07, 6.45) is 11.7. The third-order valence-electron chi connectivity index (χ3n) is 9.38. The topological polar surface area (TPSA) is 52.6 Å². The monoisotopic (exact) mass is 402 g/mol. The number of rotatable bonds is 3. The van der Waals surface area contributed by atoms with Gasteiger partial charge in [-0.1, -0.05) is 19.4 Å². The molecule has 162 valence electrons. The van der Waals surface area contributed by atoms with E-state index in [4.69, 9.17) is 9.47 Å². The van der Waals surface area contributed by atoms with Gasteiger partial charge in [0, 0.05) is 19.8 Å². The molecule has 4 rings (SSSR count). The summed E-state index contributed by atoms with van der Waals surface area (Å²) in [6.45, 7) is 10.1. The van der Waals surface area contributed by atoms with Crippen molar-refractivity contribution < 1.29 is 19.1 Å². The third kappa shape index (κ3) is 3.45. The fourth-order valence-electron chi connectivity index (χ4n) is 8.16. The van der Waals surface area contributed by atoms with E-state index >= 15 is 0 Å². The van der Waals surface area contributed by atoms with Gasteiger partial charge in [-0.15, -0.1) is 0 Å². The molecule has 4 nitrogen and oxygen atoms in total. The molecule has 0 bridgehead atoms. The molecule has 3 saturated carbocycles. The van der Waals surface area contributed by atoms with Gasteiger partial charge in [0.25, 0.3) is 0 Å². The molecule has 8 atom stereocenters. The van der Waals surface area contributed by atoms with Crippen LogP contribution in [0.4, 0.5) is 0 Å². The molecular weight excluding hydrogens is 364 g/mol. The lowest BCUT2D eigenvalue weighted by atomic mass is 9.46. The molecule has 3 unspecified atom stereocenters. The summed E-state index contributed by atoms with van der Waals surface area (Å²) in [4.78, 5) is 22.9. The lowest BCUT2D eigenvalue weighted by molar-refractivity contribution is -0.153. The van der Waals surface area contributed by atoms with Gasteiger partial charge in [0.1, 0.15) is 12.2 Å². The molecule has 0 N–H and O–H groups in total. The van der Waals surface area contributed by atoms with Crippen LogP contribution in [0.25, 0.3) is 0 Å². The number of carbonyl (C=O) groups is 2. The van der Waals surface area contributed by atoms with Crippen molar-refractivity contribution in [2.24, 2.45) is 34.5 Å². The zero-order valence-electron chi connectivity index (χ0n) is 18.8. The Morgan fingerprint density at radius 1 is 1.00 bits per heavy atom. The second-order valence-electron chi connectivity index (χ2n) is 10.8. The van der Waals surface area contributed by atoms with Crippen molar-refractivity contribution in [3.05, 3.63) is 11.6 Å². The van der Waals surface area contributed by atoms with Crippen molar-refractivity contribution >= 4 is 11.9 Å². The molecule has 4 aliphatic carbocycles. The van der Waals surface area contributed by atoms with Crippen molar-refractivity contribution in [3.8, 4) is 0 Å². The third-order valence-corrected chi connectivity index (χ3v) is 9.38. The molecular formula is C25H38O4. The van der Waals surface area contributed by atoms with Gasteiger partial charge in [-0.25, -0.2) is 0 Å². The van der Waals surface area contributed by atoms with E-state index in [9.17, 15) is 9.59 Å². The van der Waals surface area contributed by atoms with Crippen LogP contribution < -0.4 is 0 Å². The van der Waals surface area contributed by atoms with E-state index in [-0.39, 0.29) is 29.6 Å². The summed E-state index contributed by atoms with van der Waals surface area (Å²) >= 11 is 0. The minimum atomic E-state index is -0.170. The van der Waals surface area contributed by atoms with Crippen molar-refractivity contribution in [3.63, 3.8) is 0 Å². The quantitative estimate of drug-likeness (QED) is 0.465. The van der Waals surface area contributed by atoms with E-state index in [1.54, 1.807) is 5.57 Å². The zero-order valence-corrected chi connectivity index (χ0v) is 18.8. The van der Waals surface area contributed by atoms with Crippen LogP contribution in [-0.2, 0) is 19.1 Å². The summed E-state index contributed by atoms with van der Waals surface area (Å²) in [5, 5.41) is 0. The summed E-state index contributed by atoms with van der Waals surface area (Å²) in [6, 6.07) is 0. The molecule has 0 aromatic rings. The Morgan fingerprint density at radius 3 is 2.45 bits per heavy atom. The standard InChI is InChI=1S/C25H38O4/c1-15(28-16(2)26)21-8-9-22-20-7-6-18-14-19(29-17(3)27)10-12-24(18,4)23(20)11-13-25(21,22)5/h14-15,19-23H,6-13H2,1-5H3/t15-,19-,20?,21+,22?,23?,24-,25+/m0/s1. The maximum absolute atomic E-state index is 11.5. The Bertz CT molecular complexity index is 712. The fraction of sp³-hybridized carbons (Fsp3) is 0.840. The van der Waals surface area contributed by atoms with Gasteiger partial charge in [0.15, 0.2) is 0 Å². The van der Waals surface area contributed by atoms with E-state index in [0.29, 0.717) is 11.3 Å². The number of allylic oxidation sites excluding steroid dienone is 1. The molecule has 0 heterocycles. The molecule has 3 fully saturated rings. The number of ether oxygens (including phenoxy) is 2. The van der Waals surface area contributed by atoms with E-state index < -0.39 is 0 Å². The first-order valence-electron chi connectivity index (χ1n) is 11.7. The predicted molar refractivity (Wildman–Crippen MR) is 112 cm³/mol. The number of hydrogen-bond donors (Lipinski definition) is 0. The molecule has 4 heteroatoms. The molecule has 0 aromatic carbocycles. The Kier molecular flexibility index (Phi) is 5.36. The Labute approximate surface area is 175 Å². The van der Waals surface area contributed by atoms with Crippen molar-refractivity contribution in [1.82, 2.24) is 0 Å². The van der Waals surface area contributed by atoms with E-state index in [1.165, 1.54) is 46.0 Å². The predicted octanol–water partition coefficient (Wildman–Crippen LogP) is 5.45. The lowest BCUT2D eigenvalue weighted by Gasteiger charge is -2.58. The van der Waals surface area contributed by atoms with Gasteiger partial charge >= 0.3 is 11.9 Å². The Morgan fingerprint density at radius 2 is 1.76 bits per heavy atom. The van der Waals surface area contributed by atoms with Gasteiger partial charge in [0.05, 0.1) is 0 Å². The van der Waals surface area contributed by atoms with Crippen LogP contribution >= 0.6 is 0 Å². The maximum atomic E-state index is 11.5. The second kappa shape index (κ2) is 7.42. The Hall–Kier alpha value is -1.32. The molecule has 0 aliphatic heterocycles. The highest BCUT2D eigenvalue weighted by Gasteiger charge is 2.60. The number of fused-ring (bicyclic) bond motifs is 5. The van der Waals surface area contributed by atoms with Gasteiger partial charge in [-0.05, 0) is 93.0 Å². The summed E-state index contributed by atoms with van der Waals surface area (Å²) in [7, 11) is 0. The Balaban J connectivity index is 1.54. The zero-order chi connectivity index (χ0) is 21.0. The summed E-state index contributed by atoms with van der Waals surface area (Å²) < 4.78 is 11.2. The molecule has 4 aliphatic rings. The first kappa shape index (κ1) is 20.9. The van der Waals surface area contributed by atoms with E-state index in [1.807, 2.05) is 0 Å². The number of hydrogen-bond acceptors (Lipinski definition) is 4. The van der Waals surface area contributed by atoms with E-state index in [0.717, 1.165) is 37.0 Å². The highest BCUT2D eigenvalue weighted by molar-refractivity contribution is 5.66. The number of esters is 2. The van der Waals surface area contributed by atoms with Gasteiger partial charge in [-0.3, -0.25) is 9.59 Å². The second-order valence-corrected chi connectivity index (χ2v) is 10.8. The van der Waals surface area contributed by atoms with Crippen molar-refractivity contribution in [2.45, 2.75) is 98.2 Å². The highest BCUT2D eigenvalue weighted by atomic mass is 16.5. The number of carbonyl (C=O) groups excluding carboxylic acids is 2. The minimum Gasteiger partial charge on any atom is -0.463 e. The fourth-order valence-corrected chi connectivity index (χ4v) is 8.16. The molecule has 0 spiro atoms. The summed E-state index contributed by atoms with van der Waals surface area (Å²) in [5.41, 5.74) is 2.10. The first-order valence-corrected chi connectivity index (χ1v) is 11.7. The van der Waals surface area contributed by atoms with Crippen LogP contribution in [0.2, 0.25) is 0 Å². The molecule has 0 saturated heterocycles. The highest BCUT2D eigenvalue weighted by Crippen LogP contribution is 2.67. The average Bonchev–Trinajstić information content (AvgIpc) is 2.98. The van der Waals surface area contributed by atoms with Gasteiger partial charge in [-0.2, -0.15) is 0 Å². The largest absolute Gasteiger partial charge is 0.463 e. The van der Waals surface area contributed by atoms with Gasteiger partial charge < -0.3 is 9.47 Å². The van der Waals surface area contributed by atoms with Crippen LogP contribution in [0.3, 0.4) is 0 Å². The minimum absolute atomic E-state index is 0.0212. The summed E-state index contributed by atoms with van der Waals surface area (Å²) in [5.74, 6) is 2.42. The maximum Gasteiger partial charge on any atom is 0.303 e. The molecule has 0 radical (unpaired) electrons. The van der Waals surface area contributed by atoms with E-state index in [2.05, 4.69) is 26.8 Å². The average molecular weight is 403 g/mol. The normalized spacial score (nSPS) is 44.6.